The highest BCUT2D eigenvalue weighted by atomic mass is 14.1. The molecule has 0 heterocycles. The standard InChI is InChI=1S/C26H45/c1-4-5-6-7-8-9-10-11-12-13-14-15-16-17-18-19-22-26-23-20-21-24(2)25(26)3/h20-21H,4-19,22H2,1-3H3. The Morgan fingerprint density at radius 2 is 1.04 bits per heavy atom. The highest BCUT2D eigenvalue weighted by Crippen LogP contribution is 2.17. The lowest BCUT2D eigenvalue weighted by Crippen LogP contribution is -1.93. The van der Waals surface area contributed by atoms with Crippen molar-refractivity contribution in [1.82, 2.24) is 0 Å². The van der Waals surface area contributed by atoms with Gasteiger partial charge in [0.1, 0.15) is 0 Å². The van der Waals surface area contributed by atoms with Crippen LogP contribution in [0.2, 0.25) is 0 Å². The third kappa shape index (κ3) is 11.8. The smallest absolute Gasteiger partial charge is 0.0146 e. The van der Waals surface area contributed by atoms with Gasteiger partial charge in [-0.25, -0.2) is 0 Å². The van der Waals surface area contributed by atoms with E-state index < -0.39 is 0 Å². The maximum absolute atomic E-state index is 3.43. The van der Waals surface area contributed by atoms with E-state index in [1.165, 1.54) is 126 Å². The fourth-order valence-electron chi connectivity index (χ4n) is 3.85. The van der Waals surface area contributed by atoms with Gasteiger partial charge >= 0.3 is 0 Å². The Bertz CT molecular complexity index is 432. The molecule has 1 rings (SSSR count). The number of unbranched alkanes of at least 4 members (excludes halogenated alkanes) is 15. The predicted molar refractivity (Wildman–Crippen MR) is 118 cm³/mol. The summed E-state index contributed by atoms with van der Waals surface area (Å²) in [6.45, 7) is 6.75. The van der Waals surface area contributed by atoms with Crippen molar-refractivity contribution in [1.29, 1.82) is 0 Å². The van der Waals surface area contributed by atoms with Crippen LogP contribution in [-0.4, -0.2) is 0 Å². The van der Waals surface area contributed by atoms with Gasteiger partial charge in [-0.05, 0) is 49.4 Å². The summed E-state index contributed by atoms with van der Waals surface area (Å²) in [5.74, 6) is 0. The minimum atomic E-state index is 1.21. The number of benzene rings is 1. The summed E-state index contributed by atoms with van der Waals surface area (Å²) in [7, 11) is 0. The van der Waals surface area contributed by atoms with Gasteiger partial charge in [0.15, 0.2) is 0 Å². The van der Waals surface area contributed by atoms with Crippen LogP contribution in [0.4, 0.5) is 0 Å². The molecule has 0 bridgehead atoms. The summed E-state index contributed by atoms with van der Waals surface area (Å²) in [6.07, 6.45) is 24.3. The molecule has 0 aliphatic carbocycles. The first kappa shape index (κ1) is 23.3. The largest absolute Gasteiger partial charge is 0.0654 e. The summed E-state index contributed by atoms with van der Waals surface area (Å²) in [4.78, 5) is 0. The van der Waals surface area contributed by atoms with Gasteiger partial charge in [-0.1, -0.05) is 115 Å². The van der Waals surface area contributed by atoms with E-state index in [0.29, 0.717) is 0 Å². The van der Waals surface area contributed by atoms with Crippen molar-refractivity contribution >= 4 is 0 Å². The second kappa shape index (κ2) is 16.4. The molecule has 0 unspecified atom stereocenters. The highest BCUT2D eigenvalue weighted by molar-refractivity contribution is 5.32. The van der Waals surface area contributed by atoms with E-state index in [9.17, 15) is 0 Å². The van der Waals surface area contributed by atoms with E-state index in [1.54, 1.807) is 0 Å². The molecule has 0 nitrogen and oxygen atoms in total. The van der Waals surface area contributed by atoms with E-state index in [2.05, 4.69) is 39.0 Å². The second-order valence-electron chi connectivity index (χ2n) is 8.32. The minimum absolute atomic E-state index is 1.21. The Labute approximate surface area is 165 Å². The van der Waals surface area contributed by atoms with Crippen molar-refractivity contribution < 1.29 is 0 Å². The van der Waals surface area contributed by atoms with Crippen molar-refractivity contribution in [2.45, 2.75) is 130 Å². The molecule has 0 aliphatic rings. The number of aryl methyl sites for hydroxylation is 2. The van der Waals surface area contributed by atoms with Crippen LogP contribution in [0.15, 0.2) is 12.1 Å². The number of hydrogen-bond donors (Lipinski definition) is 0. The van der Waals surface area contributed by atoms with Crippen LogP contribution in [0, 0.1) is 19.9 Å². The number of hydrogen-bond acceptors (Lipinski definition) is 0. The first-order valence-corrected chi connectivity index (χ1v) is 11.7. The molecule has 0 N–H and O–H groups in total. The first-order valence-electron chi connectivity index (χ1n) is 11.7. The lowest BCUT2D eigenvalue weighted by Gasteiger charge is -2.08. The van der Waals surface area contributed by atoms with E-state index >= 15 is 0 Å². The zero-order valence-corrected chi connectivity index (χ0v) is 18.2. The molecular formula is C26H45. The van der Waals surface area contributed by atoms with Gasteiger partial charge in [0.2, 0.25) is 0 Å². The summed E-state index contributed by atoms with van der Waals surface area (Å²) < 4.78 is 0. The van der Waals surface area contributed by atoms with Crippen LogP contribution in [0.25, 0.3) is 0 Å². The van der Waals surface area contributed by atoms with Crippen molar-refractivity contribution in [2.75, 3.05) is 0 Å². The molecule has 0 spiro atoms. The molecule has 0 saturated carbocycles. The zero-order chi connectivity index (χ0) is 18.9. The Hall–Kier alpha value is -0.780. The van der Waals surface area contributed by atoms with Gasteiger partial charge in [0.25, 0.3) is 0 Å². The molecule has 0 heteroatoms. The Morgan fingerprint density at radius 3 is 1.50 bits per heavy atom. The third-order valence-corrected chi connectivity index (χ3v) is 5.92. The zero-order valence-electron chi connectivity index (χ0n) is 18.2. The minimum Gasteiger partial charge on any atom is -0.0654 e. The van der Waals surface area contributed by atoms with Crippen LogP contribution < -0.4 is 0 Å². The van der Waals surface area contributed by atoms with Gasteiger partial charge in [-0.15, -0.1) is 0 Å². The van der Waals surface area contributed by atoms with Crippen LogP contribution in [0.1, 0.15) is 126 Å². The molecule has 0 fully saturated rings. The average Bonchev–Trinajstić information content (AvgIpc) is 2.64. The molecule has 0 aliphatic heterocycles. The third-order valence-electron chi connectivity index (χ3n) is 5.92. The second-order valence-corrected chi connectivity index (χ2v) is 8.32. The average molecular weight is 358 g/mol. The topological polar surface area (TPSA) is 0 Å². The lowest BCUT2D eigenvalue weighted by atomic mass is 9.98. The van der Waals surface area contributed by atoms with E-state index in [1.807, 2.05) is 0 Å². The summed E-state index contributed by atoms with van der Waals surface area (Å²) in [5, 5.41) is 0. The summed E-state index contributed by atoms with van der Waals surface area (Å²) in [5.41, 5.74) is 4.30. The molecular weight excluding hydrogens is 312 g/mol. The Balaban J connectivity index is 1.80. The predicted octanol–water partition coefficient (Wildman–Crippen LogP) is 8.91. The normalized spacial score (nSPS) is 11.2. The molecule has 0 amide bonds. The molecule has 0 atom stereocenters. The molecule has 1 aromatic rings. The fourth-order valence-corrected chi connectivity index (χ4v) is 3.85. The maximum atomic E-state index is 3.43. The van der Waals surface area contributed by atoms with Crippen molar-refractivity contribution in [3.63, 3.8) is 0 Å². The van der Waals surface area contributed by atoms with Gasteiger partial charge in [0.05, 0.1) is 0 Å². The van der Waals surface area contributed by atoms with Gasteiger partial charge in [-0.2, -0.15) is 0 Å². The van der Waals surface area contributed by atoms with E-state index in [0.717, 1.165) is 0 Å². The summed E-state index contributed by atoms with van der Waals surface area (Å²) >= 11 is 0. The van der Waals surface area contributed by atoms with Crippen molar-refractivity contribution in [3.05, 3.63) is 34.9 Å². The SMILES string of the molecule is CCCCCCCCCCCCCCCCCCc1[c]ccc(C)c1C. The van der Waals surface area contributed by atoms with Crippen molar-refractivity contribution in [2.24, 2.45) is 0 Å². The maximum Gasteiger partial charge on any atom is -0.0146 e. The molecule has 149 valence electrons. The fraction of sp³-hybridized carbons (Fsp3) is 0.769. The van der Waals surface area contributed by atoms with E-state index in [-0.39, 0.29) is 0 Å². The van der Waals surface area contributed by atoms with Gasteiger partial charge in [-0.3, -0.25) is 0 Å². The van der Waals surface area contributed by atoms with Crippen LogP contribution in [-0.2, 0) is 6.42 Å². The van der Waals surface area contributed by atoms with Crippen molar-refractivity contribution in [3.8, 4) is 0 Å². The van der Waals surface area contributed by atoms with Gasteiger partial charge < -0.3 is 0 Å². The molecule has 1 aromatic carbocycles. The molecule has 1 radical (unpaired) electrons. The quantitative estimate of drug-likeness (QED) is 0.244. The number of rotatable bonds is 17. The lowest BCUT2D eigenvalue weighted by molar-refractivity contribution is 0.529. The van der Waals surface area contributed by atoms with Gasteiger partial charge in [0, 0.05) is 0 Å². The summed E-state index contributed by atoms with van der Waals surface area (Å²) in [6, 6.07) is 7.69. The monoisotopic (exact) mass is 357 g/mol. The van der Waals surface area contributed by atoms with Crippen LogP contribution in [0.5, 0.6) is 0 Å². The first-order chi connectivity index (χ1) is 12.8. The highest BCUT2D eigenvalue weighted by Gasteiger charge is 2.01. The van der Waals surface area contributed by atoms with Crippen LogP contribution >= 0.6 is 0 Å². The molecule has 26 heavy (non-hydrogen) atoms. The van der Waals surface area contributed by atoms with E-state index in [4.69, 9.17) is 0 Å². The van der Waals surface area contributed by atoms with Crippen LogP contribution in [0.3, 0.4) is 0 Å². The molecule has 0 saturated heterocycles. The Morgan fingerprint density at radius 1 is 0.615 bits per heavy atom. The Kier molecular flexibility index (Phi) is 14.7. The molecule has 0 aromatic heterocycles.